The van der Waals surface area contributed by atoms with Gasteiger partial charge in [-0.25, -0.2) is 0 Å². The molecular formula is C27H37NO6P2+2. The molecule has 0 saturated carbocycles. The summed E-state index contributed by atoms with van der Waals surface area (Å²) in [4.78, 5) is 28.5. The van der Waals surface area contributed by atoms with Crippen LogP contribution in [-0.4, -0.2) is 19.6 Å². The first-order valence-corrected chi connectivity index (χ1v) is 13.6. The van der Waals surface area contributed by atoms with E-state index in [2.05, 4.69) is 108 Å². The van der Waals surface area contributed by atoms with Gasteiger partial charge >= 0.3 is 16.5 Å². The molecule has 0 spiro atoms. The van der Waals surface area contributed by atoms with Gasteiger partial charge in [0.25, 0.3) is 0 Å². The van der Waals surface area contributed by atoms with Crippen molar-refractivity contribution in [3.8, 4) is 22.3 Å². The molecule has 0 aliphatic rings. The van der Waals surface area contributed by atoms with Crippen LogP contribution in [0.2, 0.25) is 0 Å². The van der Waals surface area contributed by atoms with Crippen LogP contribution in [0.5, 0.6) is 0 Å². The van der Waals surface area contributed by atoms with E-state index in [0.717, 1.165) is 0 Å². The molecule has 3 rings (SSSR count). The molecule has 36 heavy (non-hydrogen) atoms. The van der Waals surface area contributed by atoms with E-state index in [1.54, 1.807) is 0 Å². The van der Waals surface area contributed by atoms with E-state index in [9.17, 15) is 0 Å². The molecule has 3 aromatic carbocycles. The zero-order valence-corrected chi connectivity index (χ0v) is 23.4. The summed E-state index contributed by atoms with van der Waals surface area (Å²) in [6, 6.07) is 24.2. The molecule has 0 saturated heterocycles. The molecule has 7 nitrogen and oxygen atoms in total. The van der Waals surface area contributed by atoms with Crippen molar-refractivity contribution >= 4 is 16.5 Å². The van der Waals surface area contributed by atoms with Gasteiger partial charge < -0.3 is 5.73 Å². The van der Waals surface area contributed by atoms with Crippen LogP contribution >= 0.6 is 16.5 Å². The summed E-state index contributed by atoms with van der Waals surface area (Å²) in [5.41, 5.74) is 15.2. The lowest BCUT2D eigenvalue weighted by Crippen LogP contribution is -2.20. The van der Waals surface area contributed by atoms with Crippen molar-refractivity contribution < 1.29 is 28.7 Å². The average Bonchev–Trinajstić information content (AvgIpc) is 2.77. The van der Waals surface area contributed by atoms with Crippen LogP contribution in [0, 0.1) is 0 Å². The van der Waals surface area contributed by atoms with Gasteiger partial charge in [0.15, 0.2) is 0 Å². The van der Waals surface area contributed by atoms with Gasteiger partial charge in [-0.05, 0) is 49.8 Å². The molecule has 3 aromatic rings. The van der Waals surface area contributed by atoms with Gasteiger partial charge in [0.2, 0.25) is 0 Å². The Morgan fingerprint density at radius 1 is 0.639 bits per heavy atom. The van der Waals surface area contributed by atoms with E-state index in [4.69, 9.17) is 34.4 Å². The first-order valence-electron chi connectivity index (χ1n) is 11.3. The summed E-state index contributed by atoms with van der Waals surface area (Å²) in [5, 5.41) is 0. The highest BCUT2D eigenvalue weighted by Crippen LogP contribution is 2.41. The largest absolute Gasteiger partial charge is 0.692 e. The zero-order chi connectivity index (χ0) is 27.7. The summed E-state index contributed by atoms with van der Waals surface area (Å²) in [7, 11) is -5.74. The predicted molar refractivity (Wildman–Crippen MR) is 147 cm³/mol. The first kappa shape index (κ1) is 31.7. The second-order valence-corrected chi connectivity index (χ2v) is 11.2. The Kier molecular flexibility index (Phi) is 12.2. The number of rotatable bonds is 3. The lowest BCUT2D eigenvalue weighted by atomic mass is 9.73. The van der Waals surface area contributed by atoms with Gasteiger partial charge in [-0.2, -0.15) is 0 Å². The predicted octanol–water partition coefficient (Wildman–Crippen LogP) is 6.33. The van der Waals surface area contributed by atoms with Crippen LogP contribution in [0.25, 0.3) is 22.3 Å². The fourth-order valence-electron chi connectivity index (χ4n) is 3.77. The maximum absolute atomic E-state index is 8.70. The Morgan fingerprint density at radius 3 is 1.31 bits per heavy atom. The lowest BCUT2D eigenvalue weighted by molar-refractivity contribution is 0.403. The van der Waals surface area contributed by atoms with E-state index in [-0.39, 0.29) is 10.8 Å². The van der Waals surface area contributed by atoms with Crippen molar-refractivity contribution in [3.63, 3.8) is 0 Å². The normalized spacial score (nSPS) is 11.0. The van der Waals surface area contributed by atoms with Crippen molar-refractivity contribution in [3.05, 3.63) is 83.4 Å². The Balaban J connectivity index is 0.000000709. The minimum atomic E-state index is -2.87. The summed E-state index contributed by atoms with van der Waals surface area (Å²) in [6.07, 6.45) is 0. The average molecular weight is 534 g/mol. The first-order chi connectivity index (χ1) is 16.6. The van der Waals surface area contributed by atoms with Crippen LogP contribution in [0.4, 0.5) is 0 Å². The lowest BCUT2D eigenvalue weighted by Gasteiger charge is -2.31. The highest BCUT2D eigenvalue weighted by atomic mass is 31.1. The van der Waals surface area contributed by atoms with E-state index in [1.807, 2.05) is 0 Å². The molecule has 0 fully saturated rings. The Bertz CT molecular complexity index is 1100. The van der Waals surface area contributed by atoms with Crippen molar-refractivity contribution in [2.45, 2.75) is 58.9 Å². The fraction of sp³-hybridized carbons (Fsp3) is 0.333. The van der Waals surface area contributed by atoms with Crippen LogP contribution in [0.3, 0.4) is 0 Å². The van der Waals surface area contributed by atoms with E-state index in [1.165, 1.54) is 38.9 Å². The molecule has 0 heterocycles. The SMILES string of the molecule is CC(C)(C)c1cc(CN)cc(C(C)(C)C)c1-c1ccc(-c2ccccc2)cc1.O=[P+](O)O.O=[P+](O)O. The molecule has 0 atom stereocenters. The molecule has 0 aromatic heterocycles. The quantitative estimate of drug-likeness (QED) is 0.248. The van der Waals surface area contributed by atoms with Crippen molar-refractivity contribution in [1.82, 2.24) is 0 Å². The van der Waals surface area contributed by atoms with E-state index < -0.39 is 16.5 Å². The topological polar surface area (TPSA) is 141 Å². The number of hydrogen-bond acceptors (Lipinski definition) is 3. The van der Waals surface area contributed by atoms with Crippen LogP contribution < -0.4 is 5.73 Å². The molecule has 0 bridgehead atoms. The van der Waals surface area contributed by atoms with Crippen LogP contribution in [0.1, 0.15) is 58.2 Å². The highest BCUT2D eigenvalue weighted by molar-refractivity contribution is 7.31. The van der Waals surface area contributed by atoms with E-state index in [0.29, 0.717) is 6.54 Å². The standard InChI is InChI=1S/C27H33N.2HO3P/c1-26(2,3)23-16-19(18-28)17-24(27(4,5)6)25(23)22-14-12-21(13-15-22)20-10-8-7-9-11-20;2*1-4(2)3/h7-17H,18,28H2,1-6H3;2*(H-,1,2,3)/p+2. The Hall–Kier alpha value is -2.34. The number of nitrogens with two attached hydrogens (primary N) is 1. The van der Waals surface area contributed by atoms with Crippen molar-refractivity contribution in [2.24, 2.45) is 5.73 Å². The summed E-state index contributed by atoms with van der Waals surface area (Å²) in [5.74, 6) is 0. The minimum Gasteiger partial charge on any atom is -0.326 e. The fourth-order valence-corrected chi connectivity index (χ4v) is 3.77. The second kappa shape index (κ2) is 13.8. The molecule has 0 aliphatic heterocycles. The molecule has 6 N–H and O–H groups in total. The minimum absolute atomic E-state index is 0.0403. The second-order valence-electron chi connectivity index (χ2n) is 10.2. The molecule has 9 heteroatoms. The monoisotopic (exact) mass is 533 g/mol. The Labute approximate surface area is 215 Å². The Morgan fingerprint density at radius 2 is 0.972 bits per heavy atom. The van der Waals surface area contributed by atoms with Gasteiger partial charge in [0.1, 0.15) is 0 Å². The van der Waals surface area contributed by atoms with Crippen LogP contribution in [0.15, 0.2) is 66.7 Å². The third-order valence-corrected chi connectivity index (χ3v) is 5.33. The van der Waals surface area contributed by atoms with Gasteiger partial charge in [-0.3, -0.25) is 0 Å². The van der Waals surface area contributed by atoms with E-state index >= 15 is 0 Å². The number of hydrogen-bond donors (Lipinski definition) is 5. The molecule has 0 aliphatic carbocycles. The highest BCUT2D eigenvalue weighted by Gasteiger charge is 2.27. The maximum atomic E-state index is 8.70. The third kappa shape index (κ3) is 10.3. The summed E-state index contributed by atoms with van der Waals surface area (Å²) < 4.78 is 17.4. The van der Waals surface area contributed by atoms with Crippen LogP contribution in [-0.2, 0) is 26.5 Å². The molecule has 0 amide bonds. The summed E-state index contributed by atoms with van der Waals surface area (Å²) in [6.45, 7) is 14.3. The van der Waals surface area contributed by atoms with Gasteiger partial charge in [-0.15, -0.1) is 19.6 Å². The summed E-state index contributed by atoms with van der Waals surface area (Å²) >= 11 is 0. The smallest absolute Gasteiger partial charge is 0.326 e. The van der Waals surface area contributed by atoms with Gasteiger partial charge in [0, 0.05) is 15.7 Å². The molecule has 0 radical (unpaired) electrons. The zero-order valence-electron chi connectivity index (χ0n) is 21.6. The van der Waals surface area contributed by atoms with Gasteiger partial charge in [0.05, 0.1) is 0 Å². The van der Waals surface area contributed by atoms with Crippen molar-refractivity contribution in [2.75, 3.05) is 0 Å². The molecular weight excluding hydrogens is 496 g/mol. The third-order valence-electron chi connectivity index (χ3n) is 5.33. The number of benzene rings is 3. The maximum Gasteiger partial charge on any atom is 0.692 e. The van der Waals surface area contributed by atoms with Gasteiger partial charge in [-0.1, -0.05) is 108 Å². The molecule has 0 unspecified atom stereocenters. The molecule has 194 valence electrons. The van der Waals surface area contributed by atoms with Crippen molar-refractivity contribution in [1.29, 1.82) is 0 Å².